The summed E-state index contributed by atoms with van der Waals surface area (Å²) < 4.78 is 0. The number of rotatable bonds is 4. The van der Waals surface area contributed by atoms with Crippen molar-refractivity contribution in [3.8, 4) is 5.75 Å². The molecule has 0 spiro atoms. The van der Waals surface area contributed by atoms with Crippen molar-refractivity contribution < 1.29 is 14.7 Å². The van der Waals surface area contributed by atoms with Crippen molar-refractivity contribution in [2.75, 3.05) is 6.54 Å². The molecule has 3 N–H and O–H groups in total. The van der Waals surface area contributed by atoms with Crippen molar-refractivity contribution in [2.45, 2.75) is 45.1 Å². The summed E-state index contributed by atoms with van der Waals surface area (Å²) in [5.74, 6) is -0.0520. The summed E-state index contributed by atoms with van der Waals surface area (Å²) in [6, 6.07) is 5.66. The number of aromatic hydroxyl groups is 1. The van der Waals surface area contributed by atoms with Crippen molar-refractivity contribution in [1.29, 1.82) is 0 Å². The van der Waals surface area contributed by atoms with Gasteiger partial charge in [0.25, 0.3) is 0 Å². The number of nitrogens with one attached hydrogen (secondary N) is 2. The van der Waals surface area contributed by atoms with E-state index in [0.717, 1.165) is 12.8 Å². The van der Waals surface area contributed by atoms with Gasteiger partial charge in [-0.15, -0.1) is 0 Å². The van der Waals surface area contributed by atoms with E-state index in [9.17, 15) is 14.7 Å². The molecule has 0 radical (unpaired) electrons. The van der Waals surface area contributed by atoms with Gasteiger partial charge in [-0.05, 0) is 43.4 Å². The number of urea groups is 1. The first-order valence-electron chi connectivity index (χ1n) is 8.97. The van der Waals surface area contributed by atoms with Gasteiger partial charge < -0.3 is 15.7 Å². The minimum atomic E-state index is -0.567. The molecular formula is C19H25N3O3. The maximum absolute atomic E-state index is 12.8. The zero-order valence-electron chi connectivity index (χ0n) is 14.5. The predicted molar refractivity (Wildman–Crippen MR) is 95.6 cm³/mol. The summed E-state index contributed by atoms with van der Waals surface area (Å²) in [6.45, 7) is 2.38. The van der Waals surface area contributed by atoms with Crippen LogP contribution in [0.4, 0.5) is 4.79 Å². The van der Waals surface area contributed by atoms with E-state index >= 15 is 0 Å². The number of carbonyl (C=O) groups excluding carboxylic acids is 2. The molecule has 3 amide bonds. The second kappa shape index (κ2) is 7.68. The van der Waals surface area contributed by atoms with Crippen molar-refractivity contribution in [2.24, 2.45) is 16.8 Å². The Morgan fingerprint density at radius 3 is 2.80 bits per heavy atom. The van der Waals surface area contributed by atoms with E-state index in [1.54, 1.807) is 31.2 Å². The van der Waals surface area contributed by atoms with Crippen LogP contribution in [0.1, 0.15) is 50.6 Å². The average Bonchev–Trinajstić information content (AvgIpc) is 2.60. The zero-order chi connectivity index (χ0) is 17.8. The first-order valence-corrected chi connectivity index (χ1v) is 8.97. The highest BCUT2D eigenvalue weighted by Gasteiger charge is 2.37. The van der Waals surface area contributed by atoms with E-state index in [2.05, 4.69) is 15.6 Å². The summed E-state index contributed by atoms with van der Waals surface area (Å²) in [7, 11) is 0. The second-order valence-electron chi connectivity index (χ2n) is 7.00. The molecule has 1 aromatic carbocycles. The van der Waals surface area contributed by atoms with Gasteiger partial charge in [0.05, 0.1) is 6.04 Å². The molecule has 6 nitrogen and oxygen atoms in total. The van der Waals surface area contributed by atoms with Crippen LogP contribution in [0, 0.1) is 11.8 Å². The van der Waals surface area contributed by atoms with Crippen LogP contribution >= 0.6 is 0 Å². The number of aliphatic imine (C=N–C) groups is 1. The first kappa shape index (κ1) is 17.5. The van der Waals surface area contributed by atoms with Crippen LogP contribution in [0.2, 0.25) is 0 Å². The third-order valence-corrected chi connectivity index (χ3v) is 5.14. The van der Waals surface area contributed by atoms with Gasteiger partial charge in [-0.1, -0.05) is 31.4 Å². The Morgan fingerprint density at radius 2 is 2.08 bits per heavy atom. The molecule has 1 aliphatic heterocycles. The van der Waals surface area contributed by atoms with E-state index in [4.69, 9.17) is 0 Å². The van der Waals surface area contributed by atoms with Crippen molar-refractivity contribution in [3.63, 3.8) is 0 Å². The molecule has 0 saturated heterocycles. The van der Waals surface area contributed by atoms with Crippen molar-refractivity contribution in [1.82, 2.24) is 10.6 Å². The highest BCUT2D eigenvalue weighted by Crippen LogP contribution is 2.29. The molecule has 1 heterocycles. The van der Waals surface area contributed by atoms with Gasteiger partial charge in [0.2, 0.25) is 5.91 Å². The highest BCUT2D eigenvalue weighted by atomic mass is 16.3. The standard InChI is InChI=1S/C19H25N3O3/c1-12-16(18(24)20-11-13-6-3-2-4-7-13)17(22-19(25)21-12)14-8-5-9-15(23)10-14/h5,8-10,13,16-17,23H,2-4,6-7,11H2,1H3,(H,20,24)(H,22,25). The van der Waals surface area contributed by atoms with Crippen LogP contribution in [-0.4, -0.2) is 29.3 Å². The SMILES string of the molecule is CC1=NC(=O)NC(c2cccc(O)c2)C1C(=O)NCC1CCCCC1. The molecule has 2 unspecified atom stereocenters. The summed E-state index contributed by atoms with van der Waals surface area (Å²) >= 11 is 0. The lowest BCUT2D eigenvalue weighted by molar-refractivity contribution is -0.124. The molecule has 6 heteroatoms. The summed E-state index contributed by atoms with van der Waals surface area (Å²) in [5.41, 5.74) is 1.19. The number of nitrogens with zero attached hydrogens (tertiary/aromatic N) is 1. The smallest absolute Gasteiger partial charge is 0.341 e. The lowest BCUT2D eigenvalue weighted by Gasteiger charge is -2.31. The number of amides is 3. The molecule has 0 bridgehead atoms. The minimum Gasteiger partial charge on any atom is -0.508 e. The van der Waals surface area contributed by atoms with E-state index in [-0.39, 0.29) is 11.7 Å². The van der Waals surface area contributed by atoms with Crippen LogP contribution < -0.4 is 10.6 Å². The predicted octanol–water partition coefficient (Wildman–Crippen LogP) is 2.93. The fourth-order valence-corrected chi connectivity index (χ4v) is 3.80. The van der Waals surface area contributed by atoms with Crippen LogP contribution in [0.5, 0.6) is 5.75 Å². The summed E-state index contributed by atoms with van der Waals surface area (Å²) in [5, 5.41) is 15.5. The third-order valence-electron chi connectivity index (χ3n) is 5.14. The lowest BCUT2D eigenvalue weighted by atomic mass is 9.86. The number of benzene rings is 1. The Kier molecular flexibility index (Phi) is 5.36. The Hall–Kier alpha value is -2.37. The van der Waals surface area contributed by atoms with E-state index < -0.39 is 18.0 Å². The Morgan fingerprint density at radius 1 is 1.32 bits per heavy atom. The first-order chi connectivity index (χ1) is 12.0. The van der Waals surface area contributed by atoms with Crippen LogP contribution in [0.25, 0.3) is 0 Å². The highest BCUT2D eigenvalue weighted by molar-refractivity contribution is 6.09. The third kappa shape index (κ3) is 4.18. The van der Waals surface area contributed by atoms with Gasteiger partial charge in [-0.3, -0.25) is 4.79 Å². The van der Waals surface area contributed by atoms with Gasteiger partial charge in [-0.25, -0.2) is 9.79 Å². The topological polar surface area (TPSA) is 90.8 Å². The summed E-state index contributed by atoms with van der Waals surface area (Å²) in [4.78, 5) is 28.6. The molecule has 1 aromatic rings. The van der Waals surface area contributed by atoms with Crippen LogP contribution in [-0.2, 0) is 4.79 Å². The number of carbonyl (C=O) groups is 2. The fraction of sp³-hybridized carbons (Fsp3) is 0.526. The quantitative estimate of drug-likeness (QED) is 0.785. The van der Waals surface area contributed by atoms with E-state index in [1.807, 2.05) is 0 Å². The minimum absolute atomic E-state index is 0.105. The largest absolute Gasteiger partial charge is 0.508 e. The molecule has 134 valence electrons. The van der Waals surface area contributed by atoms with Crippen LogP contribution in [0.3, 0.4) is 0 Å². The Labute approximate surface area is 147 Å². The van der Waals surface area contributed by atoms with Crippen LogP contribution in [0.15, 0.2) is 29.3 Å². The number of hydrogen-bond donors (Lipinski definition) is 3. The number of phenols is 1. The van der Waals surface area contributed by atoms with Gasteiger partial charge in [-0.2, -0.15) is 0 Å². The van der Waals surface area contributed by atoms with Crippen molar-refractivity contribution in [3.05, 3.63) is 29.8 Å². The molecule has 2 atom stereocenters. The monoisotopic (exact) mass is 343 g/mol. The van der Waals surface area contributed by atoms with E-state index in [1.165, 1.54) is 19.3 Å². The van der Waals surface area contributed by atoms with Gasteiger partial charge >= 0.3 is 6.03 Å². The van der Waals surface area contributed by atoms with E-state index in [0.29, 0.717) is 23.7 Å². The normalized spacial score (nSPS) is 24.4. The molecule has 2 aliphatic rings. The Balaban J connectivity index is 1.75. The molecule has 1 aliphatic carbocycles. The summed E-state index contributed by atoms with van der Waals surface area (Å²) in [6.07, 6.45) is 6.05. The lowest BCUT2D eigenvalue weighted by Crippen LogP contribution is -2.48. The number of phenolic OH excluding ortho intramolecular Hbond substituents is 1. The molecule has 1 saturated carbocycles. The van der Waals surface area contributed by atoms with Gasteiger partial charge in [0, 0.05) is 12.3 Å². The molecule has 3 rings (SSSR count). The molecule has 1 fully saturated rings. The Bertz CT molecular complexity index is 680. The maximum Gasteiger partial charge on any atom is 0.341 e. The van der Waals surface area contributed by atoms with Crippen molar-refractivity contribution >= 4 is 17.6 Å². The van der Waals surface area contributed by atoms with Gasteiger partial charge in [0.15, 0.2) is 0 Å². The van der Waals surface area contributed by atoms with Gasteiger partial charge in [0.1, 0.15) is 11.7 Å². The average molecular weight is 343 g/mol. The zero-order valence-corrected chi connectivity index (χ0v) is 14.5. The second-order valence-corrected chi connectivity index (χ2v) is 7.00. The fourth-order valence-electron chi connectivity index (χ4n) is 3.80. The number of hydrogen-bond acceptors (Lipinski definition) is 3. The molecule has 0 aromatic heterocycles. The maximum atomic E-state index is 12.8. The molecular weight excluding hydrogens is 318 g/mol. The molecule has 25 heavy (non-hydrogen) atoms.